The number of carbonyl (C=O) groups excluding carboxylic acids is 1. The van der Waals surface area contributed by atoms with Crippen molar-refractivity contribution in [3.8, 4) is 5.75 Å². The molecule has 0 saturated carbocycles. The quantitative estimate of drug-likeness (QED) is 0.239. The molecular formula is C31H34N6O2. The van der Waals surface area contributed by atoms with Gasteiger partial charge in [-0.05, 0) is 48.2 Å². The van der Waals surface area contributed by atoms with Crippen LogP contribution >= 0.6 is 0 Å². The van der Waals surface area contributed by atoms with E-state index in [0.29, 0.717) is 25.2 Å². The topological polar surface area (TPSA) is 111 Å². The number of ether oxygens (including phenoxy) is 1. The summed E-state index contributed by atoms with van der Waals surface area (Å²) in [5.74, 6) is 2.13. The Labute approximate surface area is 228 Å². The summed E-state index contributed by atoms with van der Waals surface area (Å²) in [6.45, 7) is 2.25. The second-order valence-electron chi connectivity index (χ2n) is 9.81. The molecule has 1 amide bonds. The monoisotopic (exact) mass is 522 g/mol. The van der Waals surface area contributed by atoms with Crippen molar-refractivity contribution >= 4 is 16.8 Å². The van der Waals surface area contributed by atoms with Gasteiger partial charge in [-0.1, -0.05) is 60.7 Å². The van der Waals surface area contributed by atoms with Crippen LogP contribution in [0.1, 0.15) is 41.3 Å². The Morgan fingerprint density at radius 1 is 0.974 bits per heavy atom. The minimum atomic E-state index is -0.647. The van der Waals surface area contributed by atoms with Crippen molar-refractivity contribution in [3.63, 3.8) is 0 Å². The number of nitrogens with one attached hydrogen (secondary N) is 2. The molecule has 5 aromatic rings. The number of para-hydroxylation sites is 1. The molecular weight excluding hydrogens is 488 g/mol. The van der Waals surface area contributed by atoms with E-state index in [2.05, 4.69) is 43.3 Å². The lowest BCUT2D eigenvalue weighted by molar-refractivity contribution is -0.122. The van der Waals surface area contributed by atoms with Gasteiger partial charge in [0.2, 0.25) is 5.91 Å². The molecule has 4 N–H and O–H groups in total. The first kappa shape index (κ1) is 26.2. The predicted octanol–water partition coefficient (Wildman–Crippen LogP) is 4.35. The Bertz CT molecular complexity index is 1520. The van der Waals surface area contributed by atoms with Crippen LogP contribution in [0.5, 0.6) is 5.75 Å². The number of hydrogen-bond donors (Lipinski definition) is 3. The predicted molar refractivity (Wildman–Crippen MR) is 153 cm³/mol. The number of carbonyl (C=O) groups is 1. The lowest BCUT2D eigenvalue weighted by Crippen LogP contribution is -2.41. The third-order valence-electron chi connectivity index (χ3n) is 6.98. The van der Waals surface area contributed by atoms with Crippen LogP contribution in [0.15, 0.2) is 85.1 Å². The zero-order valence-electron chi connectivity index (χ0n) is 22.3. The summed E-state index contributed by atoms with van der Waals surface area (Å²) in [5, 5.41) is 13.5. The van der Waals surface area contributed by atoms with Crippen LogP contribution in [0.3, 0.4) is 0 Å². The second-order valence-corrected chi connectivity index (χ2v) is 9.81. The highest BCUT2D eigenvalue weighted by Gasteiger charge is 2.26. The number of hydrogen-bond acceptors (Lipinski definition) is 5. The van der Waals surface area contributed by atoms with Gasteiger partial charge in [-0.15, -0.1) is 10.2 Å². The number of H-pyrrole nitrogens is 1. The lowest BCUT2D eigenvalue weighted by Gasteiger charge is -2.21. The molecule has 0 saturated heterocycles. The van der Waals surface area contributed by atoms with Crippen LogP contribution in [0, 0.1) is 0 Å². The summed E-state index contributed by atoms with van der Waals surface area (Å²) >= 11 is 0. The molecule has 8 nitrogen and oxygen atoms in total. The van der Waals surface area contributed by atoms with Gasteiger partial charge in [-0.2, -0.15) is 0 Å². The fraction of sp³-hybridized carbons (Fsp3) is 0.258. The average molecular weight is 523 g/mol. The Morgan fingerprint density at radius 3 is 2.46 bits per heavy atom. The molecule has 2 aromatic heterocycles. The number of aromatic nitrogens is 4. The number of fused-ring (bicyclic) bond motifs is 1. The van der Waals surface area contributed by atoms with E-state index in [1.807, 2.05) is 66.9 Å². The van der Waals surface area contributed by atoms with Gasteiger partial charge in [-0.25, -0.2) is 0 Å². The minimum Gasteiger partial charge on any atom is -0.497 e. The maximum Gasteiger partial charge on any atom is 0.237 e. The zero-order chi connectivity index (χ0) is 27.2. The summed E-state index contributed by atoms with van der Waals surface area (Å²) in [5.41, 5.74) is 10.4. The fourth-order valence-electron chi connectivity index (χ4n) is 4.81. The van der Waals surface area contributed by atoms with Crippen LogP contribution in [0.4, 0.5) is 0 Å². The number of aryl methyl sites for hydroxylation is 2. The van der Waals surface area contributed by atoms with Gasteiger partial charge >= 0.3 is 0 Å². The van der Waals surface area contributed by atoms with Crippen molar-refractivity contribution in [2.75, 3.05) is 7.11 Å². The summed E-state index contributed by atoms with van der Waals surface area (Å²) in [7, 11) is 1.66. The summed E-state index contributed by atoms with van der Waals surface area (Å²) in [6.07, 6.45) is 4.09. The highest BCUT2D eigenvalue weighted by atomic mass is 16.5. The number of benzene rings is 3. The van der Waals surface area contributed by atoms with Crippen molar-refractivity contribution < 1.29 is 9.53 Å². The Hall–Kier alpha value is -4.43. The first-order valence-corrected chi connectivity index (χ1v) is 13.2. The van der Waals surface area contributed by atoms with Crippen molar-refractivity contribution in [2.45, 2.75) is 44.8 Å². The third kappa shape index (κ3) is 6.18. The smallest absolute Gasteiger partial charge is 0.237 e. The van der Waals surface area contributed by atoms with Crippen molar-refractivity contribution in [1.82, 2.24) is 25.1 Å². The number of nitrogens with two attached hydrogens (primary N) is 1. The number of aromatic amines is 1. The van der Waals surface area contributed by atoms with E-state index in [1.54, 1.807) is 14.0 Å². The van der Waals surface area contributed by atoms with Gasteiger partial charge in [0, 0.05) is 29.9 Å². The molecule has 0 fully saturated rings. The summed E-state index contributed by atoms with van der Waals surface area (Å²) < 4.78 is 7.47. The molecule has 0 unspecified atom stereocenters. The van der Waals surface area contributed by atoms with Gasteiger partial charge in [0.25, 0.3) is 0 Å². The molecule has 5 rings (SSSR count). The third-order valence-corrected chi connectivity index (χ3v) is 6.98. The average Bonchev–Trinajstić information content (AvgIpc) is 3.56. The van der Waals surface area contributed by atoms with Crippen LogP contribution in [-0.2, 0) is 30.6 Å². The standard InChI is InChI=1S/C31H34N6O2/c1-21(32)31(38)34-28(18-24-19-33-27-11-7-6-10-26(24)27)30-36-35-29(17-14-22-8-4-3-5-9-22)37(30)20-23-12-15-25(39-2)16-13-23/h3-13,15-16,19,21,28,33H,14,17-18,20,32H2,1-2H3,(H,34,38)/t21-,28+/m1/s1. The number of amides is 1. The molecule has 200 valence electrons. The SMILES string of the molecule is COc1ccc(Cn2c(CCc3ccccc3)nnc2[C@H](Cc2c[nH]c3ccccc23)NC(=O)[C@@H](C)N)cc1. The maximum absolute atomic E-state index is 12.9. The highest BCUT2D eigenvalue weighted by molar-refractivity contribution is 5.84. The molecule has 39 heavy (non-hydrogen) atoms. The Balaban J connectivity index is 1.52. The van der Waals surface area contributed by atoms with E-state index in [-0.39, 0.29) is 5.91 Å². The molecule has 0 aliphatic carbocycles. The number of methoxy groups -OCH3 is 1. The van der Waals surface area contributed by atoms with E-state index in [9.17, 15) is 4.79 Å². The normalized spacial score (nSPS) is 12.8. The summed E-state index contributed by atoms with van der Waals surface area (Å²) in [4.78, 5) is 16.2. The number of nitrogens with zero attached hydrogens (tertiary/aromatic N) is 3. The molecule has 0 radical (unpaired) electrons. The number of rotatable bonds is 11. The minimum absolute atomic E-state index is 0.232. The Kier molecular flexibility index (Phi) is 8.03. The van der Waals surface area contributed by atoms with E-state index in [1.165, 1.54) is 5.56 Å². The first-order chi connectivity index (χ1) is 19.0. The van der Waals surface area contributed by atoms with E-state index in [4.69, 9.17) is 10.5 Å². The van der Waals surface area contributed by atoms with Crippen LogP contribution < -0.4 is 15.8 Å². The van der Waals surface area contributed by atoms with Gasteiger partial charge < -0.3 is 25.3 Å². The summed E-state index contributed by atoms with van der Waals surface area (Å²) in [6, 6.07) is 25.4. The fourth-order valence-corrected chi connectivity index (χ4v) is 4.81. The molecule has 2 atom stereocenters. The first-order valence-electron chi connectivity index (χ1n) is 13.2. The van der Waals surface area contributed by atoms with E-state index >= 15 is 0 Å². The molecule has 0 aliphatic rings. The van der Waals surface area contributed by atoms with Crippen molar-refractivity contribution in [2.24, 2.45) is 5.73 Å². The molecule has 0 aliphatic heterocycles. The second kappa shape index (κ2) is 12.0. The van der Waals surface area contributed by atoms with Crippen molar-refractivity contribution in [3.05, 3.63) is 113 Å². The van der Waals surface area contributed by atoms with Gasteiger partial charge in [0.1, 0.15) is 11.6 Å². The largest absolute Gasteiger partial charge is 0.497 e. The van der Waals surface area contributed by atoms with Crippen LogP contribution in [-0.4, -0.2) is 38.8 Å². The molecule has 2 heterocycles. The molecule has 0 spiro atoms. The Morgan fingerprint density at radius 2 is 1.72 bits per heavy atom. The highest BCUT2D eigenvalue weighted by Crippen LogP contribution is 2.26. The van der Waals surface area contributed by atoms with Crippen LogP contribution in [0.2, 0.25) is 0 Å². The van der Waals surface area contributed by atoms with Crippen molar-refractivity contribution in [1.29, 1.82) is 0 Å². The van der Waals surface area contributed by atoms with E-state index < -0.39 is 12.1 Å². The molecule has 0 bridgehead atoms. The lowest BCUT2D eigenvalue weighted by atomic mass is 10.0. The molecule has 8 heteroatoms. The van der Waals surface area contributed by atoms with Gasteiger partial charge in [0.15, 0.2) is 5.82 Å². The maximum atomic E-state index is 12.9. The van der Waals surface area contributed by atoms with Crippen LogP contribution in [0.25, 0.3) is 10.9 Å². The van der Waals surface area contributed by atoms with E-state index in [0.717, 1.165) is 40.0 Å². The van der Waals surface area contributed by atoms with Gasteiger partial charge in [0.05, 0.1) is 25.7 Å². The van der Waals surface area contributed by atoms with Gasteiger partial charge in [-0.3, -0.25) is 4.79 Å². The zero-order valence-corrected chi connectivity index (χ0v) is 22.3. The molecule has 3 aromatic carbocycles.